The molecule has 110 valence electrons. The van der Waals surface area contributed by atoms with Crippen LogP contribution in [0.5, 0.6) is 0 Å². The van der Waals surface area contributed by atoms with Crippen LogP contribution in [0.15, 0.2) is 29.2 Å². The summed E-state index contributed by atoms with van der Waals surface area (Å²) in [7, 11) is 2.17. The smallest absolute Gasteiger partial charge is 0.375 e. The lowest BCUT2D eigenvalue weighted by Gasteiger charge is -2.28. The zero-order valence-corrected chi connectivity index (χ0v) is 13.5. The maximum Gasteiger partial charge on any atom is 0.375 e. The Hall–Kier alpha value is -0.610. The maximum atomic E-state index is 10.5. The molecule has 1 N–H and O–H groups in total. The van der Waals surface area contributed by atoms with Crippen molar-refractivity contribution < 1.29 is 9.90 Å². The van der Waals surface area contributed by atoms with E-state index < -0.39 is 5.30 Å². The first-order valence-corrected chi connectivity index (χ1v) is 9.51. The van der Waals surface area contributed by atoms with Crippen LogP contribution in [-0.4, -0.2) is 10.4 Å². The summed E-state index contributed by atoms with van der Waals surface area (Å²) in [5.74, 6) is 1.65. The Bertz CT molecular complexity index is 423. The van der Waals surface area contributed by atoms with Crippen LogP contribution in [0.4, 0.5) is 4.79 Å². The lowest BCUT2D eigenvalue weighted by atomic mass is 9.77. The molecule has 2 nitrogen and oxygen atoms in total. The minimum Gasteiger partial charge on any atom is -0.473 e. The standard InChI is InChI=1S/C16H22O2S2/c1-2-3-12-4-6-13(7-5-12)14-8-10-15(11-9-14)19-20-16(17)18/h8-13H,2-7H2,1H3,(H,17,18)/t12-,13-. The van der Waals surface area contributed by atoms with Gasteiger partial charge in [-0.1, -0.05) is 31.9 Å². The molecule has 1 aliphatic carbocycles. The van der Waals surface area contributed by atoms with Gasteiger partial charge in [-0.3, -0.25) is 0 Å². The molecule has 1 aromatic rings. The molecule has 1 fully saturated rings. The molecule has 0 amide bonds. The van der Waals surface area contributed by atoms with Gasteiger partial charge in [-0.05, 0) is 66.0 Å². The molecule has 0 aromatic heterocycles. The summed E-state index contributed by atoms with van der Waals surface area (Å²) in [5.41, 5.74) is 1.42. The first-order valence-electron chi connectivity index (χ1n) is 7.36. The molecule has 1 aromatic carbocycles. The van der Waals surface area contributed by atoms with Crippen LogP contribution >= 0.6 is 21.6 Å². The normalized spacial score (nSPS) is 22.6. The van der Waals surface area contributed by atoms with E-state index in [0.717, 1.165) is 21.6 Å². The summed E-state index contributed by atoms with van der Waals surface area (Å²) in [6.45, 7) is 2.28. The van der Waals surface area contributed by atoms with E-state index in [9.17, 15) is 4.79 Å². The molecular weight excluding hydrogens is 288 g/mol. The first kappa shape index (κ1) is 15.8. The highest BCUT2D eigenvalue weighted by atomic mass is 33.1. The van der Waals surface area contributed by atoms with Crippen LogP contribution in [-0.2, 0) is 0 Å². The summed E-state index contributed by atoms with van der Waals surface area (Å²) in [6, 6.07) is 8.45. The summed E-state index contributed by atoms with van der Waals surface area (Å²) in [4.78, 5) is 11.5. The van der Waals surface area contributed by atoms with Crippen molar-refractivity contribution in [3.05, 3.63) is 29.8 Å². The van der Waals surface area contributed by atoms with Gasteiger partial charge < -0.3 is 5.11 Å². The molecule has 4 heteroatoms. The van der Waals surface area contributed by atoms with E-state index in [1.807, 2.05) is 12.1 Å². The van der Waals surface area contributed by atoms with Crippen LogP contribution in [0, 0.1) is 5.92 Å². The molecule has 0 atom stereocenters. The van der Waals surface area contributed by atoms with Gasteiger partial charge in [0.2, 0.25) is 0 Å². The van der Waals surface area contributed by atoms with E-state index >= 15 is 0 Å². The van der Waals surface area contributed by atoms with Crippen LogP contribution in [0.2, 0.25) is 0 Å². The Labute approximate surface area is 129 Å². The van der Waals surface area contributed by atoms with Crippen LogP contribution in [0.1, 0.15) is 56.9 Å². The van der Waals surface area contributed by atoms with Crippen molar-refractivity contribution in [1.82, 2.24) is 0 Å². The van der Waals surface area contributed by atoms with Crippen molar-refractivity contribution >= 4 is 26.9 Å². The minimum atomic E-state index is -0.840. The number of rotatable bonds is 5. The van der Waals surface area contributed by atoms with Gasteiger partial charge in [0.05, 0.1) is 0 Å². The monoisotopic (exact) mass is 310 g/mol. The van der Waals surface area contributed by atoms with Crippen molar-refractivity contribution in [2.75, 3.05) is 0 Å². The second kappa shape index (κ2) is 7.99. The lowest BCUT2D eigenvalue weighted by Crippen LogP contribution is -2.13. The van der Waals surface area contributed by atoms with Gasteiger partial charge in [0.25, 0.3) is 0 Å². The molecule has 0 spiro atoms. The fourth-order valence-corrected chi connectivity index (χ4v) is 4.32. The minimum absolute atomic E-state index is 0.703. The van der Waals surface area contributed by atoms with Gasteiger partial charge in [-0.25, -0.2) is 4.79 Å². The highest BCUT2D eigenvalue weighted by Gasteiger charge is 2.21. The zero-order chi connectivity index (χ0) is 14.4. The van der Waals surface area contributed by atoms with E-state index in [4.69, 9.17) is 5.11 Å². The predicted octanol–water partition coefficient (Wildman–Crippen LogP) is 6.18. The molecule has 2 rings (SSSR count). The average Bonchev–Trinajstić information content (AvgIpc) is 2.47. The predicted molar refractivity (Wildman–Crippen MR) is 87.5 cm³/mol. The van der Waals surface area contributed by atoms with E-state index in [2.05, 4.69) is 19.1 Å². The molecule has 0 unspecified atom stereocenters. The van der Waals surface area contributed by atoms with Gasteiger partial charge >= 0.3 is 5.30 Å². The number of carboxylic acid groups (broad SMARTS) is 1. The quantitative estimate of drug-likeness (QED) is 0.659. The highest BCUT2D eigenvalue weighted by Crippen LogP contribution is 2.38. The number of benzene rings is 1. The largest absolute Gasteiger partial charge is 0.473 e. The Morgan fingerprint density at radius 2 is 1.85 bits per heavy atom. The van der Waals surface area contributed by atoms with Crippen LogP contribution in [0.3, 0.4) is 0 Å². The Balaban J connectivity index is 1.86. The Kier molecular flexibility index (Phi) is 6.30. The molecule has 0 radical (unpaired) electrons. The van der Waals surface area contributed by atoms with Crippen molar-refractivity contribution in [3.63, 3.8) is 0 Å². The van der Waals surface area contributed by atoms with Crippen LogP contribution < -0.4 is 0 Å². The molecule has 0 heterocycles. The Morgan fingerprint density at radius 3 is 2.40 bits per heavy atom. The topological polar surface area (TPSA) is 37.3 Å². The molecule has 0 saturated heterocycles. The summed E-state index contributed by atoms with van der Waals surface area (Å²) < 4.78 is 0. The SMILES string of the molecule is CCC[C@H]1CC[C@H](c2ccc(SSC(=O)O)cc2)CC1. The number of hydrogen-bond acceptors (Lipinski definition) is 3. The second-order valence-electron chi connectivity index (χ2n) is 5.51. The second-order valence-corrected chi connectivity index (χ2v) is 7.66. The van der Waals surface area contributed by atoms with Crippen molar-refractivity contribution in [2.24, 2.45) is 5.92 Å². The van der Waals surface area contributed by atoms with Gasteiger partial charge in [0, 0.05) is 15.7 Å². The van der Waals surface area contributed by atoms with Gasteiger partial charge in [0.15, 0.2) is 0 Å². The molecule has 0 aliphatic heterocycles. The van der Waals surface area contributed by atoms with Gasteiger partial charge in [0.1, 0.15) is 0 Å². The molecule has 20 heavy (non-hydrogen) atoms. The fraction of sp³-hybridized carbons (Fsp3) is 0.562. The van der Waals surface area contributed by atoms with Crippen molar-refractivity contribution in [1.29, 1.82) is 0 Å². The Morgan fingerprint density at radius 1 is 1.20 bits per heavy atom. The maximum absolute atomic E-state index is 10.5. The third kappa shape index (κ3) is 4.74. The molecule has 1 aliphatic rings. The summed E-state index contributed by atoms with van der Waals surface area (Å²) in [6.07, 6.45) is 8.03. The molecular formula is C16H22O2S2. The van der Waals surface area contributed by atoms with Gasteiger partial charge in [-0.15, -0.1) is 0 Å². The molecule has 0 bridgehead atoms. The lowest BCUT2D eigenvalue weighted by molar-refractivity contribution is 0.222. The number of carbonyl (C=O) groups is 1. The number of hydrogen-bond donors (Lipinski definition) is 1. The average molecular weight is 310 g/mol. The van der Waals surface area contributed by atoms with E-state index in [-0.39, 0.29) is 0 Å². The highest BCUT2D eigenvalue weighted by molar-refractivity contribution is 8.82. The zero-order valence-electron chi connectivity index (χ0n) is 11.9. The first-order chi connectivity index (χ1) is 9.69. The van der Waals surface area contributed by atoms with E-state index in [1.54, 1.807) is 0 Å². The van der Waals surface area contributed by atoms with E-state index in [0.29, 0.717) is 5.92 Å². The van der Waals surface area contributed by atoms with Crippen molar-refractivity contribution in [2.45, 2.75) is 56.3 Å². The van der Waals surface area contributed by atoms with E-state index in [1.165, 1.54) is 54.9 Å². The summed E-state index contributed by atoms with van der Waals surface area (Å²) >= 11 is 0. The molecule has 1 saturated carbocycles. The third-order valence-electron chi connectivity index (χ3n) is 4.10. The van der Waals surface area contributed by atoms with Crippen molar-refractivity contribution in [3.8, 4) is 0 Å². The summed E-state index contributed by atoms with van der Waals surface area (Å²) in [5, 5.41) is 7.80. The fourth-order valence-electron chi connectivity index (χ4n) is 3.07. The van der Waals surface area contributed by atoms with Crippen LogP contribution in [0.25, 0.3) is 0 Å². The third-order valence-corrected chi connectivity index (χ3v) is 6.05. The van der Waals surface area contributed by atoms with Gasteiger partial charge in [-0.2, -0.15) is 0 Å².